The number of carbonyl (C=O) groups is 1. The highest BCUT2D eigenvalue weighted by Gasteiger charge is 2.29. The summed E-state index contributed by atoms with van der Waals surface area (Å²) in [6.07, 6.45) is 1.64. The normalized spacial score (nSPS) is 15.4. The number of anilines is 1. The lowest BCUT2D eigenvalue weighted by Gasteiger charge is -2.21. The van der Waals surface area contributed by atoms with Crippen LogP contribution in [0.25, 0.3) is 0 Å². The van der Waals surface area contributed by atoms with Crippen molar-refractivity contribution in [2.45, 2.75) is 63.9 Å². The second-order valence-electron chi connectivity index (χ2n) is 8.10. The van der Waals surface area contributed by atoms with E-state index >= 15 is 0 Å². The van der Waals surface area contributed by atoms with Crippen LogP contribution in [0.3, 0.4) is 0 Å². The van der Waals surface area contributed by atoms with Crippen LogP contribution in [0, 0.1) is 5.82 Å². The molecule has 0 bridgehead atoms. The molecular weight excluding hydrogens is 425 g/mol. The topological polar surface area (TPSA) is 121 Å². The Balaban J connectivity index is 1.89. The maximum absolute atomic E-state index is 14.5. The summed E-state index contributed by atoms with van der Waals surface area (Å²) in [6, 6.07) is 3.13. The third-order valence-corrected chi connectivity index (χ3v) is 6.37. The van der Waals surface area contributed by atoms with E-state index in [1.54, 1.807) is 19.9 Å². The van der Waals surface area contributed by atoms with Crippen molar-refractivity contribution in [3.63, 3.8) is 0 Å². The molecular formula is C21H26FN3O5S. The molecule has 3 rings (SSSR count). The lowest BCUT2D eigenvalue weighted by Crippen LogP contribution is -2.35. The summed E-state index contributed by atoms with van der Waals surface area (Å²) in [5, 5.41) is 14.4. The summed E-state index contributed by atoms with van der Waals surface area (Å²) in [4.78, 5) is 12.6. The van der Waals surface area contributed by atoms with Crippen LogP contribution in [0.15, 0.2) is 32.9 Å². The minimum Gasteiger partial charge on any atom is -0.447 e. The number of nitrogens with zero attached hydrogens (tertiary/aromatic N) is 1. The van der Waals surface area contributed by atoms with Crippen molar-refractivity contribution >= 4 is 27.5 Å². The Kier molecular flexibility index (Phi) is 6.40. The van der Waals surface area contributed by atoms with Gasteiger partial charge in [0.05, 0.1) is 11.4 Å². The summed E-state index contributed by atoms with van der Waals surface area (Å²) in [5.41, 5.74) is 1.99. The van der Waals surface area contributed by atoms with Gasteiger partial charge in [0.1, 0.15) is 11.6 Å². The maximum Gasteiger partial charge on any atom is 0.333 e. The number of hydrogen-bond donors (Lipinski definition) is 3. The first kappa shape index (κ1) is 22.8. The van der Waals surface area contributed by atoms with Gasteiger partial charge >= 0.3 is 6.03 Å². The van der Waals surface area contributed by atoms with E-state index < -0.39 is 27.0 Å². The molecule has 0 unspecified atom stereocenters. The Morgan fingerprint density at radius 1 is 1.19 bits per heavy atom. The summed E-state index contributed by atoms with van der Waals surface area (Å²) in [6.45, 7) is 7.36. The van der Waals surface area contributed by atoms with Gasteiger partial charge in [-0.05, 0) is 36.3 Å². The molecule has 2 aromatic rings. The first-order valence-corrected chi connectivity index (χ1v) is 11.5. The number of hydrogen-bond acceptors (Lipinski definition) is 6. The van der Waals surface area contributed by atoms with Crippen molar-refractivity contribution in [3.8, 4) is 0 Å². The van der Waals surface area contributed by atoms with E-state index in [1.807, 2.05) is 18.6 Å². The van der Waals surface area contributed by atoms with E-state index in [4.69, 9.17) is 9.62 Å². The van der Waals surface area contributed by atoms with Gasteiger partial charge in [-0.2, -0.15) is 8.42 Å². The van der Waals surface area contributed by atoms with Gasteiger partial charge in [0.15, 0.2) is 0 Å². The van der Waals surface area contributed by atoms with Crippen LogP contribution in [0.5, 0.6) is 0 Å². The monoisotopic (exact) mass is 451 g/mol. The maximum atomic E-state index is 14.5. The van der Waals surface area contributed by atoms with Gasteiger partial charge in [-0.15, -0.1) is 0 Å². The van der Waals surface area contributed by atoms with Crippen LogP contribution in [0.2, 0.25) is 0 Å². The Hall–Kier alpha value is -2.88. The number of amides is 2. The number of fused-ring (bicyclic) bond motifs is 1. The molecule has 0 fully saturated rings. The average molecular weight is 452 g/mol. The average Bonchev–Trinajstić information content (AvgIpc) is 3.12. The number of oxime groups is 1. The zero-order valence-electron chi connectivity index (χ0n) is 17.8. The van der Waals surface area contributed by atoms with E-state index in [9.17, 15) is 17.6 Å². The molecule has 1 aromatic carbocycles. The molecule has 168 valence electrons. The molecule has 0 spiro atoms. The lowest BCUT2D eigenvalue weighted by atomic mass is 9.92. The van der Waals surface area contributed by atoms with Crippen LogP contribution < -0.4 is 10.0 Å². The van der Waals surface area contributed by atoms with Crippen LogP contribution in [-0.4, -0.2) is 25.4 Å². The Morgan fingerprint density at radius 2 is 1.90 bits per heavy atom. The predicted molar refractivity (Wildman–Crippen MR) is 114 cm³/mol. The molecule has 1 aliphatic rings. The number of aryl methyl sites for hydroxylation is 1. The number of carbonyl (C=O) groups excluding carboxylic acids is 1. The van der Waals surface area contributed by atoms with E-state index in [-0.39, 0.29) is 17.5 Å². The van der Waals surface area contributed by atoms with E-state index in [0.717, 1.165) is 0 Å². The first-order chi connectivity index (χ1) is 14.5. The standard InChI is InChI=1S/C21H26FN3O5S/c1-11(2)13-8-9-15(22)19(12(3)4)20(13)23-21(26)25-31(28,29)18-10-14-16(24-27)6-5-7-17(14)30-18/h8-12,27H,5-7H2,1-4H3,(H2,23,25,26)/b24-16+. The molecule has 0 atom stereocenters. The van der Waals surface area contributed by atoms with Gasteiger partial charge in [-0.1, -0.05) is 38.9 Å². The van der Waals surface area contributed by atoms with Crippen molar-refractivity contribution < 1.29 is 27.2 Å². The van der Waals surface area contributed by atoms with Crippen molar-refractivity contribution in [1.29, 1.82) is 0 Å². The van der Waals surface area contributed by atoms with Crippen molar-refractivity contribution in [2.75, 3.05) is 5.32 Å². The van der Waals surface area contributed by atoms with Crippen molar-refractivity contribution in [2.24, 2.45) is 5.16 Å². The molecule has 8 nitrogen and oxygen atoms in total. The molecule has 2 amide bonds. The number of halogens is 1. The minimum atomic E-state index is -4.34. The van der Waals surface area contributed by atoms with Crippen LogP contribution in [0.1, 0.15) is 74.8 Å². The third-order valence-electron chi connectivity index (χ3n) is 5.19. The predicted octanol–water partition coefficient (Wildman–Crippen LogP) is 4.69. The summed E-state index contributed by atoms with van der Waals surface area (Å²) < 4.78 is 47.2. The number of nitrogens with one attached hydrogen (secondary N) is 2. The van der Waals surface area contributed by atoms with Crippen molar-refractivity contribution in [3.05, 3.63) is 46.5 Å². The lowest BCUT2D eigenvalue weighted by molar-refractivity contribution is 0.256. The molecule has 1 aliphatic carbocycles. The zero-order valence-corrected chi connectivity index (χ0v) is 18.6. The molecule has 0 radical (unpaired) electrons. The van der Waals surface area contributed by atoms with Gasteiger partial charge in [-0.3, -0.25) is 0 Å². The zero-order chi connectivity index (χ0) is 22.9. The number of rotatable bonds is 5. The second kappa shape index (κ2) is 8.70. The molecule has 0 saturated carbocycles. The van der Waals surface area contributed by atoms with Gasteiger partial charge in [0.2, 0.25) is 5.09 Å². The Bertz CT molecular complexity index is 1140. The summed E-state index contributed by atoms with van der Waals surface area (Å²) >= 11 is 0. The van der Waals surface area contributed by atoms with Crippen LogP contribution in [-0.2, 0) is 16.4 Å². The fourth-order valence-electron chi connectivity index (χ4n) is 3.73. The van der Waals surface area contributed by atoms with Crippen molar-refractivity contribution in [1.82, 2.24) is 4.72 Å². The van der Waals surface area contributed by atoms with Gasteiger partial charge in [0.25, 0.3) is 10.0 Å². The smallest absolute Gasteiger partial charge is 0.333 e. The number of sulfonamides is 1. The highest BCUT2D eigenvalue weighted by Crippen LogP contribution is 2.34. The number of urea groups is 1. The Labute approximate surface area is 180 Å². The molecule has 0 aliphatic heterocycles. The van der Waals surface area contributed by atoms with E-state index in [2.05, 4.69) is 10.5 Å². The van der Waals surface area contributed by atoms with Gasteiger partial charge < -0.3 is 14.9 Å². The molecule has 0 saturated heterocycles. The number of furan rings is 1. The highest BCUT2D eigenvalue weighted by atomic mass is 32.2. The molecule has 10 heteroatoms. The van der Waals surface area contributed by atoms with E-state index in [0.29, 0.717) is 47.4 Å². The fraction of sp³-hybridized carbons (Fsp3) is 0.429. The SMILES string of the molecule is CC(C)c1ccc(F)c(C(C)C)c1NC(=O)NS(=O)(=O)c1cc2c(o1)CCC/C2=N\O. The summed E-state index contributed by atoms with van der Waals surface area (Å²) in [5.74, 6) is -0.363. The number of benzene rings is 1. The summed E-state index contributed by atoms with van der Waals surface area (Å²) in [7, 11) is -4.34. The quantitative estimate of drug-likeness (QED) is 0.450. The molecule has 31 heavy (non-hydrogen) atoms. The van der Waals surface area contributed by atoms with Crippen LogP contribution in [0.4, 0.5) is 14.9 Å². The minimum absolute atomic E-state index is 0.0296. The molecule has 3 N–H and O–H groups in total. The molecule has 1 aromatic heterocycles. The fourth-order valence-corrected chi connectivity index (χ4v) is 4.61. The second-order valence-corrected chi connectivity index (χ2v) is 9.71. The highest BCUT2D eigenvalue weighted by molar-refractivity contribution is 7.89. The third kappa shape index (κ3) is 4.58. The first-order valence-electron chi connectivity index (χ1n) is 10.0. The Morgan fingerprint density at radius 3 is 2.52 bits per heavy atom. The van der Waals surface area contributed by atoms with Crippen LogP contribution >= 0.6 is 0 Å². The van der Waals surface area contributed by atoms with E-state index in [1.165, 1.54) is 12.1 Å². The molecule has 1 heterocycles. The largest absolute Gasteiger partial charge is 0.447 e. The van der Waals surface area contributed by atoms with Gasteiger partial charge in [-0.25, -0.2) is 13.9 Å². The van der Waals surface area contributed by atoms with Gasteiger partial charge in [0, 0.05) is 23.6 Å².